The SMILES string of the molecule is Cc1cc(-n2nc(N3CCCC3)nc2N)ncn1. The Morgan fingerprint density at radius 1 is 1.22 bits per heavy atom. The minimum Gasteiger partial charge on any atom is -0.368 e. The Morgan fingerprint density at radius 3 is 2.72 bits per heavy atom. The maximum Gasteiger partial charge on any atom is 0.247 e. The number of nitrogens with two attached hydrogens (primary N) is 1. The quantitative estimate of drug-likeness (QED) is 0.831. The van der Waals surface area contributed by atoms with Gasteiger partial charge in [-0.2, -0.15) is 9.67 Å². The van der Waals surface area contributed by atoms with Gasteiger partial charge >= 0.3 is 0 Å². The van der Waals surface area contributed by atoms with Gasteiger partial charge in [0.25, 0.3) is 0 Å². The molecule has 1 aliphatic heterocycles. The summed E-state index contributed by atoms with van der Waals surface area (Å²) in [5.74, 6) is 1.69. The van der Waals surface area contributed by atoms with Gasteiger partial charge in [-0.3, -0.25) is 0 Å². The fourth-order valence-electron chi connectivity index (χ4n) is 2.09. The second-order valence-electron chi connectivity index (χ2n) is 4.39. The molecule has 3 heterocycles. The van der Waals surface area contributed by atoms with E-state index in [0.717, 1.165) is 18.8 Å². The molecule has 0 radical (unpaired) electrons. The van der Waals surface area contributed by atoms with Gasteiger partial charge < -0.3 is 10.6 Å². The van der Waals surface area contributed by atoms with Crippen LogP contribution in [0.15, 0.2) is 12.4 Å². The summed E-state index contributed by atoms with van der Waals surface area (Å²) in [5.41, 5.74) is 6.77. The van der Waals surface area contributed by atoms with Crippen LogP contribution < -0.4 is 10.6 Å². The molecule has 0 unspecified atom stereocenters. The Balaban J connectivity index is 1.97. The predicted molar refractivity (Wildman–Crippen MR) is 67.5 cm³/mol. The number of anilines is 2. The van der Waals surface area contributed by atoms with Gasteiger partial charge in [0.2, 0.25) is 11.9 Å². The molecular formula is C11H15N7. The molecule has 2 aromatic rings. The normalized spacial score (nSPS) is 15.3. The van der Waals surface area contributed by atoms with Crippen LogP contribution in [0.2, 0.25) is 0 Å². The van der Waals surface area contributed by atoms with Gasteiger partial charge in [-0.25, -0.2) is 9.97 Å². The highest BCUT2D eigenvalue weighted by atomic mass is 15.5. The second-order valence-corrected chi connectivity index (χ2v) is 4.39. The van der Waals surface area contributed by atoms with Crippen LogP contribution in [-0.2, 0) is 0 Å². The number of aromatic nitrogens is 5. The molecule has 1 fully saturated rings. The monoisotopic (exact) mass is 245 g/mol. The van der Waals surface area contributed by atoms with E-state index in [1.54, 1.807) is 4.68 Å². The first-order chi connectivity index (χ1) is 8.74. The molecule has 0 aliphatic carbocycles. The van der Waals surface area contributed by atoms with Crippen LogP contribution in [0.3, 0.4) is 0 Å². The third-order valence-corrected chi connectivity index (χ3v) is 3.02. The van der Waals surface area contributed by atoms with Crippen LogP contribution in [0.4, 0.5) is 11.9 Å². The maximum absolute atomic E-state index is 5.89. The van der Waals surface area contributed by atoms with Crippen molar-refractivity contribution >= 4 is 11.9 Å². The molecule has 7 heteroatoms. The molecule has 0 aromatic carbocycles. The fraction of sp³-hybridized carbons (Fsp3) is 0.455. The highest BCUT2D eigenvalue weighted by Crippen LogP contribution is 2.19. The van der Waals surface area contributed by atoms with Gasteiger partial charge in [-0.1, -0.05) is 0 Å². The Morgan fingerprint density at radius 2 is 2.00 bits per heavy atom. The minimum absolute atomic E-state index is 0.356. The van der Waals surface area contributed by atoms with Gasteiger partial charge in [0.05, 0.1) is 0 Å². The fourth-order valence-corrected chi connectivity index (χ4v) is 2.09. The van der Waals surface area contributed by atoms with Gasteiger partial charge in [0, 0.05) is 24.8 Å². The smallest absolute Gasteiger partial charge is 0.247 e. The lowest BCUT2D eigenvalue weighted by atomic mass is 10.4. The van der Waals surface area contributed by atoms with E-state index in [1.807, 2.05) is 13.0 Å². The number of nitrogen functional groups attached to an aromatic ring is 1. The van der Waals surface area contributed by atoms with Crippen LogP contribution in [0, 0.1) is 6.92 Å². The summed E-state index contributed by atoms with van der Waals surface area (Å²) in [6.07, 6.45) is 3.86. The van der Waals surface area contributed by atoms with Crippen LogP contribution in [0.25, 0.3) is 5.82 Å². The topological polar surface area (TPSA) is 85.8 Å². The molecule has 18 heavy (non-hydrogen) atoms. The number of hydrogen-bond donors (Lipinski definition) is 1. The van der Waals surface area contributed by atoms with Crippen molar-refractivity contribution in [3.8, 4) is 5.82 Å². The third kappa shape index (κ3) is 1.87. The molecule has 0 saturated carbocycles. The highest BCUT2D eigenvalue weighted by molar-refractivity contribution is 5.40. The minimum atomic E-state index is 0.356. The first-order valence-corrected chi connectivity index (χ1v) is 6.00. The van der Waals surface area contributed by atoms with Crippen molar-refractivity contribution in [3.05, 3.63) is 18.1 Å². The molecule has 2 N–H and O–H groups in total. The largest absolute Gasteiger partial charge is 0.368 e. The Hall–Kier alpha value is -2.18. The third-order valence-electron chi connectivity index (χ3n) is 3.02. The number of rotatable bonds is 2. The first kappa shape index (κ1) is 10.9. The lowest BCUT2D eigenvalue weighted by Crippen LogP contribution is -2.19. The van der Waals surface area contributed by atoms with E-state index in [4.69, 9.17) is 5.73 Å². The lowest BCUT2D eigenvalue weighted by molar-refractivity contribution is 0.820. The summed E-state index contributed by atoms with van der Waals surface area (Å²) in [4.78, 5) is 14.7. The Labute approximate surface area is 105 Å². The summed E-state index contributed by atoms with van der Waals surface area (Å²) < 4.78 is 1.56. The van der Waals surface area contributed by atoms with E-state index < -0.39 is 0 Å². The van der Waals surface area contributed by atoms with Crippen LogP contribution >= 0.6 is 0 Å². The zero-order chi connectivity index (χ0) is 12.5. The van der Waals surface area contributed by atoms with E-state index in [9.17, 15) is 0 Å². The average molecular weight is 245 g/mol. The molecule has 0 amide bonds. The van der Waals surface area contributed by atoms with Crippen molar-refractivity contribution in [2.45, 2.75) is 19.8 Å². The molecule has 0 spiro atoms. The molecule has 1 aliphatic rings. The Kier molecular flexibility index (Phi) is 2.58. The molecule has 3 rings (SSSR count). The van der Waals surface area contributed by atoms with Crippen LogP contribution in [0.5, 0.6) is 0 Å². The summed E-state index contributed by atoms with van der Waals surface area (Å²) in [7, 11) is 0. The van der Waals surface area contributed by atoms with Crippen molar-refractivity contribution in [2.24, 2.45) is 0 Å². The van der Waals surface area contributed by atoms with Gasteiger partial charge in [0.1, 0.15) is 6.33 Å². The zero-order valence-corrected chi connectivity index (χ0v) is 10.2. The van der Waals surface area contributed by atoms with Crippen molar-refractivity contribution in [3.63, 3.8) is 0 Å². The van der Waals surface area contributed by atoms with Gasteiger partial charge in [-0.15, -0.1) is 5.10 Å². The summed E-state index contributed by atoms with van der Waals surface area (Å²) in [6, 6.07) is 1.83. The van der Waals surface area contributed by atoms with Gasteiger partial charge in [0.15, 0.2) is 5.82 Å². The van der Waals surface area contributed by atoms with Crippen molar-refractivity contribution in [1.29, 1.82) is 0 Å². The number of aryl methyl sites for hydroxylation is 1. The molecule has 1 saturated heterocycles. The summed E-state index contributed by atoms with van der Waals surface area (Å²) in [6.45, 7) is 3.89. The van der Waals surface area contributed by atoms with Gasteiger partial charge in [-0.05, 0) is 19.8 Å². The van der Waals surface area contributed by atoms with E-state index in [0.29, 0.717) is 17.7 Å². The molecule has 2 aromatic heterocycles. The van der Waals surface area contributed by atoms with Crippen molar-refractivity contribution in [1.82, 2.24) is 24.7 Å². The average Bonchev–Trinajstić information content (AvgIpc) is 2.97. The number of nitrogens with zero attached hydrogens (tertiary/aromatic N) is 6. The van der Waals surface area contributed by atoms with Crippen LogP contribution in [0.1, 0.15) is 18.5 Å². The van der Waals surface area contributed by atoms with E-state index in [2.05, 4.69) is 25.0 Å². The zero-order valence-electron chi connectivity index (χ0n) is 10.2. The molecule has 0 bridgehead atoms. The molecule has 7 nitrogen and oxygen atoms in total. The Bertz CT molecular complexity index is 556. The summed E-state index contributed by atoms with van der Waals surface area (Å²) in [5, 5.41) is 4.42. The van der Waals surface area contributed by atoms with Crippen LogP contribution in [-0.4, -0.2) is 37.8 Å². The van der Waals surface area contributed by atoms with E-state index in [-0.39, 0.29) is 0 Å². The molecule has 0 atom stereocenters. The van der Waals surface area contributed by atoms with Crippen molar-refractivity contribution < 1.29 is 0 Å². The van der Waals surface area contributed by atoms with Crippen molar-refractivity contribution in [2.75, 3.05) is 23.7 Å². The summed E-state index contributed by atoms with van der Waals surface area (Å²) >= 11 is 0. The second kappa shape index (κ2) is 4.25. The maximum atomic E-state index is 5.89. The predicted octanol–water partition coefficient (Wildman–Crippen LogP) is 0.548. The number of hydrogen-bond acceptors (Lipinski definition) is 6. The lowest BCUT2D eigenvalue weighted by Gasteiger charge is -2.10. The first-order valence-electron chi connectivity index (χ1n) is 6.00. The van der Waals surface area contributed by atoms with E-state index in [1.165, 1.54) is 19.2 Å². The standard InChI is InChI=1S/C11H15N7/c1-8-6-9(14-7-13-8)18-10(12)15-11(16-18)17-4-2-3-5-17/h6-7H,2-5H2,1H3,(H2,12,15,16). The molecule has 94 valence electrons. The highest BCUT2D eigenvalue weighted by Gasteiger charge is 2.19. The van der Waals surface area contributed by atoms with E-state index >= 15 is 0 Å². The molecular weight excluding hydrogens is 230 g/mol.